The lowest BCUT2D eigenvalue weighted by Crippen LogP contribution is -2.19. The first-order chi connectivity index (χ1) is 8.65. The number of H-pyrrole nitrogens is 1. The summed E-state index contributed by atoms with van der Waals surface area (Å²) in [4.78, 5) is 10.8. The minimum Gasteiger partial charge on any atom is -0.377 e. The van der Waals surface area contributed by atoms with Gasteiger partial charge in [-0.1, -0.05) is 6.07 Å². The number of carbonyl (C=O) groups is 1. The van der Waals surface area contributed by atoms with Gasteiger partial charge in [-0.3, -0.25) is 5.10 Å². The summed E-state index contributed by atoms with van der Waals surface area (Å²) in [6.45, 7) is 2.02. The van der Waals surface area contributed by atoms with Gasteiger partial charge in [-0.25, -0.2) is 4.79 Å². The molecule has 1 heterocycles. The van der Waals surface area contributed by atoms with Crippen molar-refractivity contribution in [3.05, 3.63) is 42.2 Å². The fraction of sp³-hybridized carbons (Fsp3) is 0.167. The Morgan fingerprint density at radius 2 is 2.17 bits per heavy atom. The molecule has 0 aliphatic rings. The quantitative estimate of drug-likeness (QED) is 0.664. The minimum atomic E-state index is -0.575. The van der Waals surface area contributed by atoms with Crippen LogP contribution in [0.25, 0.3) is 0 Å². The van der Waals surface area contributed by atoms with Crippen molar-refractivity contribution in [3.8, 4) is 0 Å². The van der Waals surface area contributed by atoms with Crippen LogP contribution in [0.15, 0.2) is 36.5 Å². The van der Waals surface area contributed by atoms with Gasteiger partial charge in [0.05, 0.1) is 11.7 Å². The summed E-state index contributed by atoms with van der Waals surface area (Å²) in [6, 6.07) is 8.77. The lowest BCUT2D eigenvalue weighted by Gasteiger charge is -2.14. The van der Waals surface area contributed by atoms with Gasteiger partial charge < -0.3 is 16.4 Å². The Bertz CT molecular complexity index is 523. The van der Waals surface area contributed by atoms with E-state index in [0.29, 0.717) is 5.69 Å². The number of benzene rings is 1. The normalized spacial score (nSPS) is 11.8. The summed E-state index contributed by atoms with van der Waals surface area (Å²) in [5.74, 6) is 0. The Morgan fingerprint density at radius 3 is 2.83 bits per heavy atom. The summed E-state index contributed by atoms with van der Waals surface area (Å²) < 4.78 is 0. The monoisotopic (exact) mass is 245 g/mol. The van der Waals surface area contributed by atoms with Crippen LogP contribution < -0.4 is 16.4 Å². The van der Waals surface area contributed by atoms with Crippen LogP contribution in [0.4, 0.5) is 16.2 Å². The predicted octanol–water partition coefficient (Wildman–Crippen LogP) is 2.07. The van der Waals surface area contributed by atoms with E-state index in [1.165, 1.54) is 0 Å². The molecule has 6 heteroatoms. The number of nitrogens with two attached hydrogens (primary N) is 1. The molecule has 0 spiro atoms. The van der Waals surface area contributed by atoms with Gasteiger partial charge in [-0.15, -0.1) is 0 Å². The number of aromatic nitrogens is 2. The first kappa shape index (κ1) is 12.0. The van der Waals surface area contributed by atoms with E-state index in [1.807, 2.05) is 31.2 Å². The molecule has 2 rings (SSSR count). The third-order valence-electron chi connectivity index (χ3n) is 2.50. The highest BCUT2D eigenvalue weighted by Gasteiger charge is 2.06. The number of primary amides is 1. The number of hydrogen-bond donors (Lipinski definition) is 4. The Morgan fingerprint density at radius 1 is 1.39 bits per heavy atom. The lowest BCUT2D eigenvalue weighted by atomic mass is 10.2. The molecule has 0 bridgehead atoms. The van der Waals surface area contributed by atoms with Crippen LogP contribution in [0.3, 0.4) is 0 Å². The average Bonchev–Trinajstić information content (AvgIpc) is 2.81. The van der Waals surface area contributed by atoms with Gasteiger partial charge in [0, 0.05) is 17.6 Å². The van der Waals surface area contributed by atoms with E-state index in [-0.39, 0.29) is 6.04 Å². The summed E-state index contributed by atoms with van der Waals surface area (Å²) in [5, 5.41) is 12.6. The summed E-state index contributed by atoms with van der Waals surface area (Å²) in [6.07, 6.45) is 1.71. The van der Waals surface area contributed by atoms with Gasteiger partial charge in [0.25, 0.3) is 0 Å². The maximum absolute atomic E-state index is 10.8. The van der Waals surface area contributed by atoms with Gasteiger partial charge in [0.15, 0.2) is 0 Å². The van der Waals surface area contributed by atoms with Gasteiger partial charge in [-0.2, -0.15) is 5.10 Å². The SMILES string of the molecule is CC(Nc1cccc(NC(N)=O)c1)c1ccn[nH]1. The Kier molecular flexibility index (Phi) is 3.47. The van der Waals surface area contributed by atoms with Crippen molar-refractivity contribution >= 4 is 17.4 Å². The first-order valence-electron chi connectivity index (χ1n) is 5.57. The number of rotatable bonds is 4. The van der Waals surface area contributed by atoms with Crippen molar-refractivity contribution in [2.75, 3.05) is 10.6 Å². The number of hydrogen-bond acceptors (Lipinski definition) is 3. The number of aromatic amines is 1. The zero-order valence-corrected chi connectivity index (χ0v) is 9.97. The van der Waals surface area contributed by atoms with E-state index in [0.717, 1.165) is 11.4 Å². The number of anilines is 2. The molecule has 0 fully saturated rings. The molecular formula is C12H15N5O. The van der Waals surface area contributed by atoms with E-state index < -0.39 is 6.03 Å². The second-order valence-corrected chi connectivity index (χ2v) is 3.95. The summed E-state index contributed by atoms with van der Waals surface area (Å²) in [5.41, 5.74) is 7.61. The van der Waals surface area contributed by atoms with Gasteiger partial charge in [-0.05, 0) is 31.2 Å². The molecule has 18 heavy (non-hydrogen) atoms. The maximum Gasteiger partial charge on any atom is 0.316 e. The molecule has 0 aliphatic heterocycles. The maximum atomic E-state index is 10.8. The van der Waals surface area contributed by atoms with Crippen LogP contribution in [0.2, 0.25) is 0 Å². The Labute approximate surface area is 105 Å². The van der Waals surface area contributed by atoms with Gasteiger partial charge in [0.1, 0.15) is 0 Å². The highest BCUT2D eigenvalue weighted by molar-refractivity contribution is 5.88. The topological polar surface area (TPSA) is 95.8 Å². The Balaban J connectivity index is 2.07. The first-order valence-corrected chi connectivity index (χ1v) is 5.57. The Hall–Kier alpha value is -2.50. The van der Waals surface area contributed by atoms with Crippen molar-refractivity contribution in [2.24, 2.45) is 5.73 Å². The van der Waals surface area contributed by atoms with E-state index in [9.17, 15) is 4.79 Å². The molecule has 1 atom stereocenters. The molecule has 2 aromatic rings. The van der Waals surface area contributed by atoms with Crippen LogP contribution in [0, 0.1) is 0 Å². The fourth-order valence-electron chi connectivity index (χ4n) is 1.66. The average molecular weight is 245 g/mol. The van der Waals surface area contributed by atoms with Crippen LogP contribution in [0.5, 0.6) is 0 Å². The molecule has 94 valence electrons. The highest BCUT2D eigenvalue weighted by Crippen LogP contribution is 2.20. The molecule has 0 aliphatic carbocycles. The third kappa shape index (κ3) is 3.00. The minimum absolute atomic E-state index is 0.0938. The molecule has 6 nitrogen and oxygen atoms in total. The van der Waals surface area contributed by atoms with Crippen LogP contribution >= 0.6 is 0 Å². The predicted molar refractivity (Wildman–Crippen MR) is 70.3 cm³/mol. The van der Waals surface area contributed by atoms with Gasteiger partial charge in [0.2, 0.25) is 0 Å². The number of amides is 2. The fourth-order valence-corrected chi connectivity index (χ4v) is 1.66. The van der Waals surface area contributed by atoms with Crippen LogP contribution in [-0.4, -0.2) is 16.2 Å². The van der Waals surface area contributed by atoms with E-state index in [2.05, 4.69) is 20.8 Å². The van der Waals surface area contributed by atoms with E-state index in [1.54, 1.807) is 12.3 Å². The van der Waals surface area contributed by atoms with Crippen LogP contribution in [-0.2, 0) is 0 Å². The zero-order valence-electron chi connectivity index (χ0n) is 9.97. The smallest absolute Gasteiger partial charge is 0.316 e. The standard InChI is InChI=1S/C12H15N5O/c1-8(11-5-6-14-17-11)15-9-3-2-4-10(7-9)16-12(13)18/h2-8,15H,1H3,(H,14,17)(H3,13,16,18). The highest BCUT2D eigenvalue weighted by atomic mass is 16.2. The number of urea groups is 1. The summed E-state index contributed by atoms with van der Waals surface area (Å²) in [7, 11) is 0. The number of carbonyl (C=O) groups excluding carboxylic acids is 1. The van der Waals surface area contributed by atoms with E-state index >= 15 is 0 Å². The molecular weight excluding hydrogens is 230 g/mol. The van der Waals surface area contributed by atoms with E-state index in [4.69, 9.17) is 5.73 Å². The summed E-state index contributed by atoms with van der Waals surface area (Å²) >= 11 is 0. The molecule has 5 N–H and O–H groups in total. The van der Waals surface area contributed by atoms with Crippen molar-refractivity contribution in [1.82, 2.24) is 10.2 Å². The largest absolute Gasteiger partial charge is 0.377 e. The third-order valence-corrected chi connectivity index (χ3v) is 2.50. The van der Waals surface area contributed by atoms with Crippen molar-refractivity contribution < 1.29 is 4.79 Å². The lowest BCUT2D eigenvalue weighted by molar-refractivity contribution is 0.259. The van der Waals surface area contributed by atoms with Crippen molar-refractivity contribution in [1.29, 1.82) is 0 Å². The second-order valence-electron chi connectivity index (χ2n) is 3.95. The van der Waals surface area contributed by atoms with Crippen molar-refractivity contribution in [3.63, 3.8) is 0 Å². The van der Waals surface area contributed by atoms with Crippen LogP contribution in [0.1, 0.15) is 18.7 Å². The van der Waals surface area contributed by atoms with Crippen molar-refractivity contribution in [2.45, 2.75) is 13.0 Å². The molecule has 0 saturated heterocycles. The van der Waals surface area contributed by atoms with Gasteiger partial charge >= 0.3 is 6.03 Å². The molecule has 1 unspecified atom stereocenters. The second kappa shape index (κ2) is 5.22. The molecule has 1 aromatic carbocycles. The molecule has 1 aromatic heterocycles. The number of nitrogens with one attached hydrogen (secondary N) is 3. The molecule has 0 saturated carbocycles. The molecule has 2 amide bonds. The molecule has 0 radical (unpaired) electrons. The zero-order chi connectivity index (χ0) is 13.0. The number of nitrogens with zero attached hydrogens (tertiary/aromatic N) is 1.